The Labute approximate surface area is 103 Å². The molecule has 0 bridgehead atoms. The van der Waals surface area contributed by atoms with Crippen molar-refractivity contribution in [2.24, 2.45) is 5.73 Å². The van der Waals surface area contributed by atoms with E-state index >= 15 is 0 Å². The second kappa shape index (κ2) is 4.31. The van der Waals surface area contributed by atoms with Gasteiger partial charge in [0.05, 0.1) is 11.7 Å². The number of nitrogens with two attached hydrogens (primary N) is 1. The fourth-order valence-corrected chi connectivity index (χ4v) is 2.63. The van der Waals surface area contributed by atoms with Crippen molar-refractivity contribution >= 4 is 22.4 Å². The van der Waals surface area contributed by atoms with Crippen molar-refractivity contribution in [3.63, 3.8) is 0 Å². The fourth-order valence-electron chi connectivity index (χ4n) is 2.06. The Kier molecular flexibility index (Phi) is 2.66. The number of benzene rings is 1. The molecule has 0 spiro atoms. The number of aromatic amines is 1. The van der Waals surface area contributed by atoms with E-state index in [0.29, 0.717) is 0 Å². The molecular weight excluding hydrogens is 230 g/mol. The highest BCUT2D eigenvalue weighted by Gasteiger charge is 2.11. The van der Waals surface area contributed by atoms with Gasteiger partial charge in [0.25, 0.3) is 0 Å². The highest BCUT2D eigenvalue weighted by Crippen LogP contribution is 2.22. The second-order valence-electron chi connectivity index (χ2n) is 4.09. The first-order chi connectivity index (χ1) is 8.34. The van der Waals surface area contributed by atoms with Crippen LogP contribution in [0.5, 0.6) is 0 Å². The number of hydrogen-bond donors (Lipinski definition) is 2. The first-order valence-corrected chi connectivity index (χ1v) is 6.39. The molecule has 0 aliphatic heterocycles. The van der Waals surface area contributed by atoms with E-state index < -0.39 is 0 Å². The molecule has 0 aliphatic rings. The lowest BCUT2D eigenvalue weighted by Gasteiger charge is -2.07. The maximum Gasteiger partial charge on any atom is 0.0712 e. The van der Waals surface area contributed by atoms with E-state index in [4.69, 9.17) is 5.73 Å². The minimum absolute atomic E-state index is 0.0274. The van der Waals surface area contributed by atoms with Crippen LogP contribution in [0.2, 0.25) is 0 Å². The molecule has 2 heterocycles. The topological polar surface area (TPSA) is 54.7 Å². The largest absolute Gasteiger partial charge is 0.361 e. The molecule has 3 N–H and O–H groups in total. The number of H-pyrrole nitrogens is 1. The molecule has 0 radical (unpaired) electrons. The van der Waals surface area contributed by atoms with Crippen LogP contribution in [0, 0.1) is 0 Å². The van der Waals surface area contributed by atoms with Crippen LogP contribution < -0.4 is 5.73 Å². The number of para-hydroxylation sites is 1. The van der Waals surface area contributed by atoms with Crippen LogP contribution in [0.3, 0.4) is 0 Å². The molecule has 4 heteroatoms. The Hall–Kier alpha value is -1.65. The number of aromatic nitrogens is 2. The summed E-state index contributed by atoms with van der Waals surface area (Å²) in [6, 6.07) is 10.2. The van der Waals surface area contributed by atoms with E-state index in [1.54, 1.807) is 0 Å². The number of hydrogen-bond acceptors (Lipinski definition) is 3. The molecule has 3 aromatic rings. The van der Waals surface area contributed by atoms with E-state index in [1.165, 1.54) is 22.5 Å². The summed E-state index contributed by atoms with van der Waals surface area (Å²) in [6.45, 7) is 0. The van der Waals surface area contributed by atoms with Crippen LogP contribution in [0.25, 0.3) is 10.9 Å². The highest BCUT2D eigenvalue weighted by atomic mass is 32.1. The van der Waals surface area contributed by atoms with Crippen LogP contribution in [-0.4, -0.2) is 9.36 Å². The van der Waals surface area contributed by atoms with Crippen molar-refractivity contribution in [2.75, 3.05) is 0 Å². The summed E-state index contributed by atoms with van der Waals surface area (Å²) in [6.07, 6.45) is 2.85. The van der Waals surface area contributed by atoms with Crippen LogP contribution in [-0.2, 0) is 6.42 Å². The molecule has 17 heavy (non-hydrogen) atoms. The minimum atomic E-state index is -0.0274. The number of fused-ring (bicyclic) bond motifs is 1. The third-order valence-electron chi connectivity index (χ3n) is 2.95. The second-order valence-corrected chi connectivity index (χ2v) is 4.76. The predicted molar refractivity (Wildman–Crippen MR) is 71.0 cm³/mol. The maximum absolute atomic E-state index is 6.15. The molecule has 2 aromatic heterocycles. The maximum atomic E-state index is 6.15. The molecule has 0 amide bonds. The quantitative estimate of drug-likeness (QED) is 0.743. The fraction of sp³-hybridized carbons (Fsp3) is 0.154. The summed E-state index contributed by atoms with van der Waals surface area (Å²) in [4.78, 5) is 3.27. The Bertz CT molecular complexity index is 612. The summed E-state index contributed by atoms with van der Waals surface area (Å²) >= 11 is 1.45. The van der Waals surface area contributed by atoms with Crippen molar-refractivity contribution in [1.82, 2.24) is 9.36 Å². The van der Waals surface area contributed by atoms with Crippen LogP contribution in [0.1, 0.15) is 17.3 Å². The van der Waals surface area contributed by atoms with E-state index in [2.05, 4.69) is 21.5 Å². The molecule has 0 saturated carbocycles. The van der Waals surface area contributed by atoms with E-state index in [1.807, 2.05) is 29.8 Å². The third kappa shape index (κ3) is 1.97. The lowest BCUT2D eigenvalue weighted by Crippen LogP contribution is -2.13. The van der Waals surface area contributed by atoms with Gasteiger partial charge in [-0.15, -0.1) is 0 Å². The van der Waals surface area contributed by atoms with Crippen molar-refractivity contribution < 1.29 is 0 Å². The number of rotatable bonds is 3. The standard InChI is InChI=1S/C13H13N3S/c14-11(13-5-6-17-16-13)7-9-8-15-12-4-2-1-3-10(9)12/h1-6,8,11,15H,7,14H2/t11-/m0/s1. The smallest absolute Gasteiger partial charge is 0.0712 e. The van der Waals surface area contributed by atoms with Gasteiger partial charge < -0.3 is 10.7 Å². The molecule has 1 aromatic carbocycles. The van der Waals surface area contributed by atoms with Crippen molar-refractivity contribution in [3.05, 3.63) is 53.2 Å². The summed E-state index contributed by atoms with van der Waals surface area (Å²) in [5.41, 5.74) is 9.54. The Morgan fingerprint density at radius 2 is 2.18 bits per heavy atom. The van der Waals surface area contributed by atoms with Gasteiger partial charge >= 0.3 is 0 Å². The number of nitrogens with zero attached hydrogens (tertiary/aromatic N) is 1. The normalized spacial score (nSPS) is 13.0. The summed E-state index contributed by atoms with van der Waals surface area (Å²) in [5.74, 6) is 0. The van der Waals surface area contributed by atoms with Gasteiger partial charge in [-0.25, -0.2) is 0 Å². The predicted octanol–water partition coefficient (Wildman–Crippen LogP) is 2.87. The zero-order valence-corrected chi connectivity index (χ0v) is 10.1. The van der Waals surface area contributed by atoms with Crippen molar-refractivity contribution in [1.29, 1.82) is 0 Å². The van der Waals surface area contributed by atoms with Gasteiger partial charge in [0, 0.05) is 22.5 Å². The first-order valence-electron chi connectivity index (χ1n) is 5.55. The molecule has 0 unspecified atom stereocenters. The summed E-state index contributed by atoms with van der Waals surface area (Å²) in [7, 11) is 0. The Morgan fingerprint density at radius 3 is 3.00 bits per heavy atom. The molecule has 3 nitrogen and oxygen atoms in total. The van der Waals surface area contributed by atoms with Crippen molar-refractivity contribution in [3.8, 4) is 0 Å². The van der Waals surface area contributed by atoms with Gasteiger partial charge in [-0.05, 0) is 35.6 Å². The number of nitrogens with one attached hydrogen (secondary N) is 1. The van der Waals surface area contributed by atoms with Gasteiger partial charge in [-0.2, -0.15) is 4.37 Å². The Balaban J connectivity index is 1.90. The van der Waals surface area contributed by atoms with Crippen LogP contribution in [0.4, 0.5) is 0 Å². The average Bonchev–Trinajstić information content (AvgIpc) is 2.98. The van der Waals surface area contributed by atoms with Gasteiger partial charge in [-0.1, -0.05) is 18.2 Å². The van der Waals surface area contributed by atoms with Crippen molar-refractivity contribution in [2.45, 2.75) is 12.5 Å². The SMILES string of the molecule is N[C@@H](Cc1c[nH]c2ccccc12)c1ccsn1. The minimum Gasteiger partial charge on any atom is -0.361 e. The first kappa shape index (κ1) is 10.5. The van der Waals surface area contributed by atoms with Gasteiger partial charge in [0.15, 0.2) is 0 Å². The lowest BCUT2D eigenvalue weighted by atomic mass is 10.0. The molecule has 3 rings (SSSR count). The third-order valence-corrected chi connectivity index (χ3v) is 3.53. The van der Waals surface area contributed by atoms with E-state index in [9.17, 15) is 0 Å². The zero-order valence-electron chi connectivity index (χ0n) is 9.26. The highest BCUT2D eigenvalue weighted by molar-refractivity contribution is 7.03. The monoisotopic (exact) mass is 243 g/mol. The molecule has 0 saturated heterocycles. The zero-order chi connectivity index (χ0) is 11.7. The van der Waals surface area contributed by atoms with E-state index in [-0.39, 0.29) is 6.04 Å². The summed E-state index contributed by atoms with van der Waals surface area (Å²) < 4.78 is 4.28. The van der Waals surface area contributed by atoms with E-state index in [0.717, 1.165) is 17.6 Å². The summed E-state index contributed by atoms with van der Waals surface area (Å²) in [5, 5.41) is 3.21. The molecule has 86 valence electrons. The lowest BCUT2D eigenvalue weighted by molar-refractivity contribution is 0.709. The molecule has 1 atom stereocenters. The molecule has 0 fully saturated rings. The van der Waals surface area contributed by atoms with Crippen LogP contribution in [0.15, 0.2) is 41.9 Å². The van der Waals surface area contributed by atoms with Gasteiger partial charge in [0.2, 0.25) is 0 Å². The average molecular weight is 243 g/mol. The molecular formula is C13H13N3S. The van der Waals surface area contributed by atoms with Gasteiger partial charge in [0.1, 0.15) is 0 Å². The van der Waals surface area contributed by atoms with Gasteiger partial charge in [-0.3, -0.25) is 0 Å². The molecule has 0 aliphatic carbocycles. The Morgan fingerprint density at radius 1 is 1.29 bits per heavy atom. The van der Waals surface area contributed by atoms with Crippen LogP contribution >= 0.6 is 11.5 Å².